The molecule has 0 aromatic heterocycles. The molecule has 0 radical (unpaired) electrons. The molecular weight excluding hydrogens is 422 g/mol. The number of aryl methyl sites for hydroxylation is 2. The number of aliphatic imine (C=N–C) groups is 1. The van der Waals surface area contributed by atoms with Crippen molar-refractivity contribution in [1.29, 1.82) is 0 Å². The zero-order valence-corrected chi connectivity index (χ0v) is 19.7. The summed E-state index contributed by atoms with van der Waals surface area (Å²) in [5, 5.41) is 2.78. The third-order valence-electron chi connectivity index (χ3n) is 6.06. The van der Waals surface area contributed by atoms with Gasteiger partial charge in [-0.1, -0.05) is 48.2 Å². The number of ether oxygens (including phenoxy) is 1. The van der Waals surface area contributed by atoms with Gasteiger partial charge in [0.15, 0.2) is 5.17 Å². The molecule has 1 unspecified atom stereocenters. The zero-order chi connectivity index (χ0) is 22.8. The first kappa shape index (κ1) is 22.4. The van der Waals surface area contributed by atoms with Gasteiger partial charge < -0.3 is 14.5 Å². The molecule has 7 heteroatoms. The van der Waals surface area contributed by atoms with E-state index in [9.17, 15) is 9.59 Å². The fourth-order valence-electron chi connectivity index (χ4n) is 4.50. The van der Waals surface area contributed by atoms with E-state index in [0.717, 1.165) is 53.5 Å². The maximum Gasteiger partial charge on any atom is 0.338 e. The largest absolute Gasteiger partial charge is 0.458 e. The number of nitrogens with zero attached hydrogens (tertiary/aromatic N) is 3. The summed E-state index contributed by atoms with van der Waals surface area (Å²) in [6.45, 7) is 11.4. The average molecular weight is 452 g/mol. The van der Waals surface area contributed by atoms with E-state index in [-0.39, 0.29) is 12.5 Å². The van der Waals surface area contributed by atoms with Crippen molar-refractivity contribution in [2.24, 2.45) is 4.99 Å². The van der Waals surface area contributed by atoms with Crippen molar-refractivity contribution in [2.45, 2.75) is 46.1 Å². The number of amides is 1. The van der Waals surface area contributed by atoms with Crippen LogP contribution in [-0.2, 0) is 14.3 Å². The third-order valence-corrected chi connectivity index (χ3v) is 6.95. The molecule has 32 heavy (non-hydrogen) atoms. The maximum atomic E-state index is 13.1. The molecule has 4 rings (SSSR count). The summed E-state index contributed by atoms with van der Waals surface area (Å²) in [7, 11) is 0. The van der Waals surface area contributed by atoms with Crippen LogP contribution in [0.25, 0.3) is 0 Å². The Bertz CT molecular complexity index is 1050. The minimum absolute atomic E-state index is 0.122. The van der Waals surface area contributed by atoms with Crippen molar-refractivity contribution in [1.82, 2.24) is 9.80 Å². The van der Waals surface area contributed by atoms with Crippen LogP contribution >= 0.6 is 11.8 Å². The van der Waals surface area contributed by atoms with Crippen LogP contribution in [-0.4, -0.2) is 46.5 Å². The minimum Gasteiger partial charge on any atom is -0.458 e. The molecule has 1 amide bonds. The van der Waals surface area contributed by atoms with Crippen molar-refractivity contribution in [3.63, 3.8) is 0 Å². The molecule has 3 aliphatic rings. The van der Waals surface area contributed by atoms with Crippen molar-refractivity contribution in [2.75, 3.05) is 19.7 Å². The summed E-state index contributed by atoms with van der Waals surface area (Å²) in [6.07, 6.45) is 3.97. The van der Waals surface area contributed by atoms with Gasteiger partial charge in [0.25, 0.3) is 0 Å². The van der Waals surface area contributed by atoms with Crippen molar-refractivity contribution in [3.8, 4) is 0 Å². The van der Waals surface area contributed by atoms with Crippen LogP contribution in [0.15, 0.2) is 58.2 Å². The van der Waals surface area contributed by atoms with E-state index in [1.54, 1.807) is 6.08 Å². The summed E-state index contributed by atoms with van der Waals surface area (Å²) in [4.78, 5) is 34.8. The Hall–Kier alpha value is -2.80. The highest BCUT2D eigenvalue weighted by Gasteiger charge is 2.42. The first-order chi connectivity index (χ1) is 15.4. The SMILES string of the molecule is C=CCOC(=O)C1=C(C)N=C2SC=C(CC(=O)N3CCCC3)N2C1c1ccc(C)cc1C. The fraction of sp³-hybridized carbons (Fsp3) is 0.400. The lowest BCUT2D eigenvalue weighted by Crippen LogP contribution is -2.38. The summed E-state index contributed by atoms with van der Waals surface area (Å²) in [6, 6.07) is 5.84. The number of hydrogen-bond donors (Lipinski definition) is 0. The predicted molar refractivity (Wildman–Crippen MR) is 128 cm³/mol. The maximum absolute atomic E-state index is 13.1. The van der Waals surface area contributed by atoms with Crippen molar-refractivity contribution in [3.05, 3.63) is 69.9 Å². The molecule has 0 spiro atoms. The first-order valence-corrected chi connectivity index (χ1v) is 11.9. The smallest absolute Gasteiger partial charge is 0.338 e. The molecule has 0 saturated carbocycles. The number of amidine groups is 1. The highest BCUT2D eigenvalue weighted by atomic mass is 32.2. The average Bonchev–Trinajstić information content (AvgIpc) is 3.42. The van der Waals surface area contributed by atoms with Gasteiger partial charge in [-0.05, 0) is 50.1 Å². The molecule has 3 heterocycles. The predicted octanol–water partition coefficient (Wildman–Crippen LogP) is 4.62. The molecule has 1 atom stereocenters. The summed E-state index contributed by atoms with van der Waals surface area (Å²) < 4.78 is 5.45. The first-order valence-electron chi connectivity index (χ1n) is 11.0. The number of likely N-dealkylation sites (tertiary alicyclic amines) is 1. The number of carbonyl (C=O) groups excluding carboxylic acids is 2. The Balaban J connectivity index is 1.74. The molecule has 0 N–H and O–H groups in total. The monoisotopic (exact) mass is 451 g/mol. The van der Waals surface area contributed by atoms with E-state index in [1.165, 1.54) is 11.8 Å². The molecule has 3 aliphatic heterocycles. The highest BCUT2D eigenvalue weighted by molar-refractivity contribution is 8.16. The lowest BCUT2D eigenvalue weighted by atomic mass is 9.90. The highest BCUT2D eigenvalue weighted by Crippen LogP contribution is 2.45. The van der Waals surface area contributed by atoms with Gasteiger partial charge in [0.2, 0.25) is 5.91 Å². The Morgan fingerprint density at radius 2 is 2.00 bits per heavy atom. The molecule has 1 aromatic rings. The topological polar surface area (TPSA) is 62.2 Å². The van der Waals surface area contributed by atoms with E-state index in [4.69, 9.17) is 9.73 Å². The van der Waals surface area contributed by atoms with Gasteiger partial charge in [0, 0.05) is 18.8 Å². The number of benzene rings is 1. The number of allylic oxidation sites excluding steroid dienone is 1. The van der Waals surface area contributed by atoms with Gasteiger partial charge in [0.1, 0.15) is 6.61 Å². The molecule has 168 valence electrons. The summed E-state index contributed by atoms with van der Waals surface area (Å²) in [5.41, 5.74) is 5.27. The van der Waals surface area contributed by atoms with Crippen LogP contribution in [0.4, 0.5) is 0 Å². The van der Waals surface area contributed by atoms with E-state index in [0.29, 0.717) is 17.7 Å². The standard InChI is InChI=1S/C25H29N3O3S/c1-5-12-31-24(30)22-18(4)26-25-28(23(22)20-9-8-16(2)13-17(20)3)19(15-32-25)14-21(29)27-10-6-7-11-27/h5,8-9,13,15,23H,1,6-7,10-12,14H2,2-4H3. The van der Waals surface area contributed by atoms with E-state index in [1.807, 2.05) is 22.1 Å². The second-order valence-electron chi connectivity index (χ2n) is 8.40. The Morgan fingerprint density at radius 1 is 1.25 bits per heavy atom. The number of fused-ring (bicyclic) bond motifs is 1. The zero-order valence-electron chi connectivity index (χ0n) is 18.9. The molecule has 0 aliphatic carbocycles. The van der Waals surface area contributed by atoms with Crippen LogP contribution in [0.5, 0.6) is 0 Å². The molecule has 1 fully saturated rings. The normalized spacial score (nSPS) is 20.2. The number of hydrogen-bond acceptors (Lipinski definition) is 6. The summed E-state index contributed by atoms with van der Waals surface area (Å²) >= 11 is 1.50. The number of carbonyl (C=O) groups is 2. The quantitative estimate of drug-likeness (QED) is 0.467. The van der Waals surface area contributed by atoms with Gasteiger partial charge in [-0.25, -0.2) is 9.79 Å². The fourth-order valence-corrected chi connectivity index (χ4v) is 5.47. The molecule has 1 saturated heterocycles. The van der Waals surface area contributed by atoms with Crippen LogP contribution in [0.2, 0.25) is 0 Å². The number of esters is 1. The van der Waals surface area contributed by atoms with Crippen LogP contribution < -0.4 is 0 Å². The molecule has 6 nitrogen and oxygen atoms in total. The van der Waals surface area contributed by atoms with Gasteiger partial charge in [0.05, 0.1) is 23.7 Å². The van der Waals surface area contributed by atoms with Gasteiger partial charge in [-0.15, -0.1) is 0 Å². The van der Waals surface area contributed by atoms with E-state index >= 15 is 0 Å². The van der Waals surface area contributed by atoms with E-state index in [2.05, 4.69) is 38.6 Å². The Labute approximate surface area is 193 Å². The second kappa shape index (κ2) is 9.36. The minimum atomic E-state index is -0.405. The molecular formula is C25H29N3O3S. The Morgan fingerprint density at radius 3 is 2.69 bits per heavy atom. The van der Waals surface area contributed by atoms with Gasteiger partial charge in [-0.3, -0.25) is 4.79 Å². The molecule has 1 aromatic carbocycles. The van der Waals surface area contributed by atoms with Crippen molar-refractivity contribution < 1.29 is 14.3 Å². The third kappa shape index (κ3) is 4.26. The van der Waals surface area contributed by atoms with Crippen LogP contribution in [0.1, 0.15) is 48.9 Å². The van der Waals surface area contributed by atoms with Crippen LogP contribution in [0, 0.1) is 13.8 Å². The van der Waals surface area contributed by atoms with Crippen LogP contribution in [0.3, 0.4) is 0 Å². The second-order valence-corrected chi connectivity index (χ2v) is 9.24. The van der Waals surface area contributed by atoms with Crippen molar-refractivity contribution >= 4 is 28.8 Å². The molecule has 0 bridgehead atoms. The van der Waals surface area contributed by atoms with E-state index < -0.39 is 12.0 Å². The van der Waals surface area contributed by atoms with Gasteiger partial charge >= 0.3 is 5.97 Å². The number of thioether (sulfide) groups is 1. The summed E-state index contributed by atoms with van der Waals surface area (Å²) in [5.74, 6) is -0.283. The Kier molecular flexibility index (Phi) is 6.55. The lowest BCUT2D eigenvalue weighted by molar-refractivity contribution is -0.138. The van der Waals surface area contributed by atoms with Gasteiger partial charge in [-0.2, -0.15) is 0 Å². The lowest BCUT2D eigenvalue weighted by Gasteiger charge is -2.37. The number of rotatable bonds is 6.